The van der Waals surface area contributed by atoms with Crippen molar-refractivity contribution in [1.82, 2.24) is 15.0 Å². The standard InChI is InChI=1S/C65H54BN5/c1-64(2,3)50-31-37-56-54(41-50)66-55-42-51(65(4,5)6)32-38-57(55)71(53-35-29-46(30-36-53)44-21-13-8-14-22-44)59-40-49(39-58(60(59)66)70(56)52-33-27-45(28-34-52)43-19-11-7-12-20-43)63-68-61(47-23-15-9-16-24-47)67-62(69-63)48-25-17-10-18-26-48/h7-42H,1-6H3. The van der Waals surface area contributed by atoms with Crippen molar-refractivity contribution in [1.29, 1.82) is 0 Å². The molecule has 2 aliphatic rings. The van der Waals surface area contributed by atoms with Crippen LogP contribution in [0.3, 0.4) is 0 Å². The van der Waals surface area contributed by atoms with Crippen LogP contribution in [0.5, 0.6) is 0 Å². The molecule has 0 atom stereocenters. The maximum atomic E-state index is 5.35. The summed E-state index contributed by atoms with van der Waals surface area (Å²) >= 11 is 0. The zero-order valence-electron chi connectivity index (χ0n) is 41.1. The summed E-state index contributed by atoms with van der Waals surface area (Å²) in [6.45, 7) is 13.8. The second kappa shape index (κ2) is 17.3. The van der Waals surface area contributed by atoms with Crippen molar-refractivity contribution >= 4 is 57.2 Å². The molecule has 2 aliphatic heterocycles. The van der Waals surface area contributed by atoms with Crippen LogP contribution in [0.1, 0.15) is 52.7 Å². The molecule has 71 heavy (non-hydrogen) atoms. The van der Waals surface area contributed by atoms with E-state index in [-0.39, 0.29) is 17.5 Å². The monoisotopic (exact) mass is 915 g/mol. The van der Waals surface area contributed by atoms with Gasteiger partial charge in [-0.2, -0.15) is 0 Å². The lowest BCUT2D eigenvalue weighted by Crippen LogP contribution is -2.61. The summed E-state index contributed by atoms with van der Waals surface area (Å²) in [5, 5.41) is 0. The highest BCUT2D eigenvalue weighted by Crippen LogP contribution is 2.47. The topological polar surface area (TPSA) is 45.2 Å². The molecular weight excluding hydrogens is 862 g/mol. The van der Waals surface area contributed by atoms with Crippen molar-refractivity contribution in [3.05, 3.63) is 230 Å². The number of benzene rings is 9. The van der Waals surface area contributed by atoms with Gasteiger partial charge in [-0.15, -0.1) is 0 Å². The van der Waals surface area contributed by atoms with Crippen LogP contribution in [0.4, 0.5) is 34.1 Å². The Morgan fingerprint density at radius 3 is 0.986 bits per heavy atom. The molecule has 0 saturated carbocycles. The number of rotatable bonds is 7. The van der Waals surface area contributed by atoms with Crippen molar-refractivity contribution in [2.45, 2.75) is 52.4 Å². The van der Waals surface area contributed by atoms with Crippen LogP contribution in [-0.2, 0) is 10.8 Å². The lowest BCUT2D eigenvalue weighted by atomic mass is 9.33. The van der Waals surface area contributed by atoms with E-state index in [2.05, 4.69) is 233 Å². The molecule has 12 rings (SSSR count). The Bertz CT molecular complexity index is 3350. The molecular formula is C65H54BN5. The molecule has 0 bridgehead atoms. The van der Waals surface area contributed by atoms with E-state index in [0.717, 1.165) is 50.8 Å². The third kappa shape index (κ3) is 8.00. The van der Waals surface area contributed by atoms with Crippen molar-refractivity contribution < 1.29 is 0 Å². The van der Waals surface area contributed by atoms with Crippen LogP contribution in [0.2, 0.25) is 0 Å². The lowest BCUT2D eigenvalue weighted by Gasteiger charge is -2.45. The molecule has 0 fully saturated rings. The smallest absolute Gasteiger partial charge is 0.252 e. The second-order valence-corrected chi connectivity index (χ2v) is 20.9. The summed E-state index contributed by atoms with van der Waals surface area (Å²) in [7, 11) is 0. The number of nitrogens with zero attached hydrogens (tertiary/aromatic N) is 5. The van der Waals surface area contributed by atoms with E-state index < -0.39 is 0 Å². The number of fused-ring (bicyclic) bond motifs is 4. The van der Waals surface area contributed by atoms with Crippen LogP contribution >= 0.6 is 0 Å². The third-order valence-corrected chi connectivity index (χ3v) is 14.2. The molecule has 0 unspecified atom stereocenters. The van der Waals surface area contributed by atoms with E-state index in [9.17, 15) is 0 Å². The Hall–Kier alpha value is -8.35. The molecule has 3 heterocycles. The maximum absolute atomic E-state index is 5.35. The molecule has 0 aliphatic carbocycles. The average molecular weight is 916 g/mol. The number of hydrogen-bond acceptors (Lipinski definition) is 5. The van der Waals surface area contributed by atoms with Gasteiger partial charge >= 0.3 is 0 Å². The van der Waals surface area contributed by atoms with Crippen molar-refractivity contribution in [2.24, 2.45) is 0 Å². The highest BCUT2D eigenvalue weighted by atomic mass is 15.2. The molecule has 10 aromatic rings. The fraction of sp³-hybridized carbons (Fsp3) is 0.123. The van der Waals surface area contributed by atoms with E-state index >= 15 is 0 Å². The summed E-state index contributed by atoms with van der Waals surface area (Å²) in [5.74, 6) is 1.86. The average Bonchev–Trinajstić information content (AvgIpc) is 3.41. The molecule has 9 aromatic carbocycles. The van der Waals surface area contributed by atoms with Crippen LogP contribution in [0.25, 0.3) is 56.4 Å². The minimum Gasteiger partial charge on any atom is -0.311 e. The van der Waals surface area contributed by atoms with Gasteiger partial charge in [0.05, 0.1) is 0 Å². The molecule has 0 saturated heterocycles. The first kappa shape index (κ1) is 43.9. The van der Waals surface area contributed by atoms with Gasteiger partial charge in [0.15, 0.2) is 17.5 Å². The summed E-state index contributed by atoms with van der Waals surface area (Å²) in [6.07, 6.45) is 0. The van der Waals surface area contributed by atoms with Gasteiger partial charge in [0.1, 0.15) is 0 Å². The minimum absolute atomic E-state index is 0.0763. The van der Waals surface area contributed by atoms with Crippen LogP contribution < -0.4 is 26.2 Å². The second-order valence-electron chi connectivity index (χ2n) is 20.9. The SMILES string of the molecule is CC(C)(C)c1ccc2c(c1)B1c3cc(C(C)(C)C)ccc3N(c3ccc(-c4ccccc4)cc3)c3cc(-c4nc(-c5ccccc5)nc(-c5ccccc5)n4)cc(c31)N2c1ccc(-c2ccccc2)cc1. The van der Waals surface area contributed by atoms with Gasteiger partial charge < -0.3 is 9.80 Å². The van der Waals surface area contributed by atoms with E-state index in [1.54, 1.807) is 0 Å². The van der Waals surface area contributed by atoms with Gasteiger partial charge in [-0.1, -0.05) is 211 Å². The van der Waals surface area contributed by atoms with Gasteiger partial charge in [0, 0.05) is 50.8 Å². The fourth-order valence-electron chi connectivity index (χ4n) is 10.4. The molecule has 0 spiro atoms. The zero-order chi connectivity index (χ0) is 48.4. The highest BCUT2D eigenvalue weighted by molar-refractivity contribution is 7.00. The quantitative estimate of drug-likeness (QED) is 0.149. The molecule has 6 heteroatoms. The predicted octanol–water partition coefficient (Wildman–Crippen LogP) is 14.9. The first-order chi connectivity index (χ1) is 34.5. The molecule has 1 aromatic heterocycles. The van der Waals surface area contributed by atoms with Gasteiger partial charge in [-0.3, -0.25) is 0 Å². The van der Waals surface area contributed by atoms with E-state index in [0.29, 0.717) is 17.5 Å². The third-order valence-electron chi connectivity index (χ3n) is 14.2. The Balaban J connectivity index is 1.17. The molecule has 342 valence electrons. The van der Waals surface area contributed by atoms with Crippen LogP contribution in [-0.4, -0.2) is 21.7 Å². The Morgan fingerprint density at radius 2 is 0.634 bits per heavy atom. The Labute approximate surface area is 418 Å². The molecule has 5 nitrogen and oxygen atoms in total. The van der Waals surface area contributed by atoms with Crippen LogP contribution in [0.15, 0.2) is 218 Å². The van der Waals surface area contributed by atoms with Gasteiger partial charge in [-0.05, 0) is 109 Å². The predicted molar refractivity (Wildman–Crippen MR) is 298 cm³/mol. The Kier molecular flexibility index (Phi) is 10.7. The van der Waals surface area contributed by atoms with E-state index in [4.69, 9.17) is 15.0 Å². The Morgan fingerprint density at radius 1 is 0.310 bits per heavy atom. The normalized spacial score (nSPS) is 12.8. The summed E-state index contributed by atoms with van der Waals surface area (Å²) in [4.78, 5) is 20.8. The largest absolute Gasteiger partial charge is 0.311 e. The zero-order valence-corrected chi connectivity index (χ0v) is 41.1. The van der Waals surface area contributed by atoms with Gasteiger partial charge in [0.2, 0.25) is 0 Å². The van der Waals surface area contributed by atoms with Crippen LogP contribution in [0, 0.1) is 0 Å². The maximum Gasteiger partial charge on any atom is 0.252 e. The van der Waals surface area contributed by atoms with Crippen molar-refractivity contribution in [3.8, 4) is 56.4 Å². The number of aromatic nitrogens is 3. The molecule has 0 radical (unpaired) electrons. The number of anilines is 6. The van der Waals surface area contributed by atoms with Gasteiger partial charge in [-0.25, -0.2) is 15.0 Å². The summed E-state index contributed by atoms with van der Waals surface area (Å²) in [6, 6.07) is 79.0. The molecule has 0 amide bonds. The van der Waals surface area contributed by atoms with Crippen molar-refractivity contribution in [3.63, 3.8) is 0 Å². The first-order valence-electron chi connectivity index (χ1n) is 24.7. The fourth-order valence-corrected chi connectivity index (χ4v) is 10.4. The van der Waals surface area contributed by atoms with E-state index in [1.165, 1.54) is 49.8 Å². The minimum atomic E-state index is -0.0820. The van der Waals surface area contributed by atoms with E-state index in [1.807, 2.05) is 36.4 Å². The lowest BCUT2D eigenvalue weighted by molar-refractivity contribution is 0.590. The highest BCUT2D eigenvalue weighted by Gasteiger charge is 2.44. The van der Waals surface area contributed by atoms with Gasteiger partial charge in [0.25, 0.3) is 6.71 Å². The first-order valence-corrected chi connectivity index (χ1v) is 24.7. The summed E-state index contributed by atoms with van der Waals surface area (Å²) in [5.41, 5.74) is 20.4. The molecule has 0 N–H and O–H groups in total. The summed E-state index contributed by atoms with van der Waals surface area (Å²) < 4.78 is 0. The number of hydrogen-bond donors (Lipinski definition) is 0. The van der Waals surface area contributed by atoms with Crippen molar-refractivity contribution in [2.75, 3.05) is 9.80 Å².